The monoisotopic (exact) mass is 497 g/mol. The molecular weight excluding hydrogens is 476 g/mol. The van der Waals surface area contributed by atoms with E-state index in [9.17, 15) is 30.1 Å². The fourth-order valence-corrected chi connectivity index (χ4v) is 4.42. The van der Waals surface area contributed by atoms with Crippen LogP contribution in [0.25, 0.3) is 11.2 Å². The predicted octanol–water partition coefficient (Wildman–Crippen LogP) is -3.93. The molecule has 0 spiro atoms. The first-order chi connectivity index (χ1) is 15.3. The van der Waals surface area contributed by atoms with Crippen molar-refractivity contribution in [3.05, 3.63) is 12.7 Å². The molecule has 2 aliphatic rings. The predicted molar refractivity (Wildman–Crippen MR) is 100 cm³/mol. The molecule has 1 unspecified atom stereocenters. The molecule has 0 radical (unpaired) electrons. The fraction of sp³-hybridized carbons (Fsp3) is 0.667. The zero-order valence-electron chi connectivity index (χ0n) is 16.5. The molecule has 4 rings (SSSR count). The summed E-state index contributed by atoms with van der Waals surface area (Å²) in [6.45, 7) is -1.92. The Morgan fingerprint density at radius 2 is 1.91 bits per heavy atom. The highest BCUT2D eigenvalue weighted by Gasteiger charge is 2.72. The maximum absolute atomic E-state index is 15.4. The molecule has 0 aromatic carbocycles. The number of nitrogen functional groups attached to an aromatic ring is 1. The van der Waals surface area contributed by atoms with Gasteiger partial charge in [0.25, 0.3) is 5.85 Å². The Kier molecular flexibility index (Phi) is 5.95. The van der Waals surface area contributed by atoms with Crippen LogP contribution in [0.15, 0.2) is 12.7 Å². The molecule has 2 aromatic rings. The average Bonchev–Trinajstić information content (AvgIpc) is 3.35. The van der Waals surface area contributed by atoms with Crippen LogP contribution in [-0.4, -0.2) is 111 Å². The lowest BCUT2D eigenvalue weighted by Gasteiger charge is -2.40. The summed E-state index contributed by atoms with van der Waals surface area (Å²) in [5.74, 6) is -3.79. The second-order valence-electron chi connectivity index (χ2n) is 7.59. The van der Waals surface area contributed by atoms with Crippen molar-refractivity contribution in [1.29, 1.82) is 0 Å². The number of aromatic nitrogens is 4. The van der Waals surface area contributed by atoms with Gasteiger partial charge in [0.2, 0.25) is 5.72 Å². The summed E-state index contributed by atoms with van der Waals surface area (Å²) in [5.41, 5.74) is 2.89. The van der Waals surface area contributed by atoms with Crippen molar-refractivity contribution in [3.63, 3.8) is 0 Å². The van der Waals surface area contributed by atoms with Crippen molar-refractivity contribution in [2.75, 3.05) is 18.9 Å². The number of fused-ring (bicyclic) bond motifs is 1. The summed E-state index contributed by atoms with van der Waals surface area (Å²) in [5, 5.41) is 51.6. The van der Waals surface area contributed by atoms with Crippen LogP contribution in [0.3, 0.4) is 0 Å². The Balaban J connectivity index is 1.88. The fourth-order valence-electron chi connectivity index (χ4n) is 4.08. The number of alkyl halides is 1. The number of imidazole rings is 1. The van der Waals surface area contributed by atoms with E-state index in [2.05, 4.69) is 19.5 Å². The highest BCUT2D eigenvalue weighted by molar-refractivity contribution is 7.46. The zero-order chi connectivity index (χ0) is 24.3. The van der Waals surface area contributed by atoms with Gasteiger partial charge in [-0.2, -0.15) is 0 Å². The summed E-state index contributed by atoms with van der Waals surface area (Å²) in [6.07, 6.45) is -10.2. The van der Waals surface area contributed by atoms with Crippen LogP contribution in [0, 0.1) is 0 Å². The number of nitrogens with two attached hydrogens (primary N) is 1. The molecule has 184 valence electrons. The second-order valence-corrected chi connectivity index (χ2v) is 8.82. The van der Waals surface area contributed by atoms with Crippen LogP contribution in [0.2, 0.25) is 0 Å². The van der Waals surface area contributed by atoms with Crippen molar-refractivity contribution < 1.29 is 58.3 Å². The Morgan fingerprint density at radius 1 is 1.21 bits per heavy atom. The minimum atomic E-state index is -5.04. The SMILES string of the molecule is Nc1ncnc2c1ncn2[C@]1(C2O[C@H](CO)[C@@H](O)[C@@]2(O)F)O[C@H](COP(=O)(O)O)[C@@H](O)[C@H]1O. The van der Waals surface area contributed by atoms with Gasteiger partial charge in [-0.25, -0.2) is 23.9 Å². The molecule has 0 amide bonds. The van der Waals surface area contributed by atoms with E-state index in [4.69, 9.17) is 25.0 Å². The third-order valence-electron chi connectivity index (χ3n) is 5.61. The number of rotatable bonds is 6. The lowest BCUT2D eigenvalue weighted by Crippen LogP contribution is -2.61. The van der Waals surface area contributed by atoms with Crippen LogP contribution in [-0.2, 0) is 24.3 Å². The molecule has 0 saturated carbocycles. The van der Waals surface area contributed by atoms with E-state index in [0.29, 0.717) is 0 Å². The first kappa shape index (κ1) is 24.2. The summed E-state index contributed by atoms with van der Waals surface area (Å²) in [4.78, 5) is 29.6. The quantitative estimate of drug-likeness (QED) is 0.177. The van der Waals surface area contributed by atoms with Gasteiger partial charge in [0.1, 0.15) is 42.4 Å². The van der Waals surface area contributed by atoms with Gasteiger partial charge < -0.3 is 50.5 Å². The van der Waals surface area contributed by atoms with Crippen LogP contribution in [0.5, 0.6) is 0 Å². The Bertz CT molecular complexity index is 1080. The maximum atomic E-state index is 15.4. The van der Waals surface area contributed by atoms with Crippen LogP contribution in [0.4, 0.5) is 10.2 Å². The van der Waals surface area contributed by atoms with Gasteiger partial charge >= 0.3 is 7.82 Å². The number of hydrogen-bond acceptors (Lipinski definition) is 13. The number of phosphoric ester groups is 1. The number of ether oxygens (including phenoxy) is 2. The number of halogens is 1. The average molecular weight is 497 g/mol. The first-order valence-corrected chi connectivity index (χ1v) is 10.9. The molecular formula is C15H21FN5O11P. The van der Waals surface area contributed by atoms with Gasteiger partial charge in [-0.3, -0.25) is 9.09 Å². The Morgan fingerprint density at radius 3 is 2.52 bits per heavy atom. The largest absolute Gasteiger partial charge is 0.469 e. The molecule has 0 aliphatic carbocycles. The second kappa shape index (κ2) is 8.10. The zero-order valence-corrected chi connectivity index (χ0v) is 17.4. The van der Waals surface area contributed by atoms with Crippen molar-refractivity contribution in [2.45, 2.75) is 48.2 Å². The lowest BCUT2D eigenvalue weighted by atomic mass is 9.90. The minimum Gasteiger partial charge on any atom is -0.394 e. The summed E-state index contributed by atoms with van der Waals surface area (Å²) in [7, 11) is -5.04. The molecule has 2 aliphatic heterocycles. The molecule has 0 bridgehead atoms. The number of nitrogens with zero attached hydrogens (tertiary/aromatic N) is 4. The van der Waals surface area contributed by atoms with E-state index in [1.807, 2.05) is 0 Å². The normalized spacial score (nSPS) is 39.5. The minimum absolute atomic E-state index is 0.0447. The third-order valence-corrected chi connectivity index (χ3v) is 6.10. The lowest BCUT2D eigenvalue weighted by molar-refractivity contribution is -0.279. The highest BCUT2D eigenvalue weighted by atomic mass is 31.2. The number of anilines is 1. The standard InChI is InChI=1S/C15H21FN5O11P/c16-14(26)9(24)5(1-22)31-13(14)15(21-4-20-7-11(17)18-3-19-12(7)21)10(25)8(23)6(32-15)2-30-33(27,28)29/h3-6,8-10,13,22-26H,1-2H2,(H2,17,18,19)(H2,27,28,29)/t5-,6-,8-,9-,10-,13?,14+,15+/m1/s1. The van der Waals surface area contributed by atoms with Crippen LogP contribution < -0.4 is 5.73 Å². The van der Waals surface area contributed by atoms with Crippen molar-refractivity contribution >= 4 is 24.8 Å². The number of phosphoric acid groups is 1. The summed E-state index contributed by atoms with van der Waals surface area (Å²) in [6, 6.07) is 0. The smallest absolute Gasteiger partial charge is 0.394 e. The first-order valence-electron chi connectivity index (χ1n) is 9.38. The highest BCUT2D eigenvalue weighted by Crippen LogP contribution is 2.50. The van der Waals surface area contributed by atoms with Crippen molar-refractivity contribution in [1.82, 2.24) is 19.5 Å². The van der Waals surface area contributed by atoms with Gasteiger partial charge in [0, 0.05) is 0 Å². The number of hydrogen-bond donors (Lipinski definition) is 8. The summed E-state index contributed by atoms with van der Waals surface area (Å²) >= 11 is 0. The van der Waals surface area contributed by atoms with Crippen molar-refractivity contribution in [3.8, 4) is 0 Å². The third kappa shape index (κ3) is 3.71. The Hall–Kier alpha value is -1.89. The van der Waals surface area contributed by atoms with Gasteiger partial charge in [-0.05, 0) is 0 Å². The number of aliphatic hydroxyl groups excluding tert-OH is 4. The van der Waals surface area contributed by atoms with E-state index in [1.165, 1.54) is 0 Å². The molecule has 18 heteroatoms. The molecule has 9 N–H and O–H groups in total. The topological polar surface area (TPSA) is 256 Å². The molecule has 8 atom stereocenters. The van der Waals surface area contributed by atoms with E-state index < -0.39 is 69.2 Å². The van der Waals surface area contributed by atoms with Gasteiger partial charge in [0.05, 0.1) is 19.5 Å². The van der Waals surface area contributed by atoms with Crippen LogP contribution >= 0.6 is 7.82 Å². The molecule has 2 saturated heterocycles. The van der Waals surface area contributed by atoms with E-state index in [0.717, 1.165) is 17.2 Å². The maximum Gasteiger partial charge on any atom is 0.469 e. The van der Waals surface area contributed by atoms with Crippen LogP contribution in [0.1, 0.15) is 0 Å². The van der Waals surface area contributed by atoms with Crippen molar-refractivity contribution in [2.24, 2.45) is 0 Å². The number of aliphatic hydroxyl groups is 5. The molecule has 33 heavy (non-hydrogen) atoms. The summed E-state index contributed by atoms with van der Waals surface area (Å²) < 4.78 is 42.7. The van der Waals surface area contributed by atoms with Gasteiger partial charge in [-0.1, -0.05) is 0 Å². The van der Waals surface area contributed by atoms with E-state index >= 15 is 4.39 Å². The molecule has 16 nitrogen and oxygen atoms in total. The van der Waals surface area contributed by atoms with E-state index in [1.54, 1.807) is 0 Å². The van der Waals surface area contributed by atoms with Gasteiger partial charge in [0.15, 0.2) is 17.6 Å². The molecule has 4 heterocycles. The molecule has 2 aromatic heterocycles. The Labute approximate surface area is 183 Å². The van der Waals surface area contributed by atoms with E-state index in [-0.39, 0.29) is 17.0 Å². The van der Waals surface area contributed by atoms with Gasteiger partial charge in [-0.15, -0.1) is 0 Å². The molecule has 2 fully saturated rings.